The molecule has 0 unspecified atom stereocenters. The summed E-state index contributed by atoms with van der Waals surface area (Å²) in [5, 5.41) is 1.93. The Bertz CT molecular complexity index is 1490. The van der Waals surface area contributed by atoms with Crippen LogP contribution in [0.5, 0.6) is 0 Å². The number of imide groups is 1. The third-order valence-electron chi connectivity index (χ3n) is 6.59. The molecule has 4 aromatic rings. The number of nitrogens with zero attached hydrogens (tertiary/aromatic N) is 2. The van der Waals surface area contributed by atoms with Gasteiger partial charge in [0.1, 0.15) is 0 Å². The van der Waals surface area contributed by atoms with E-state index in [1.165, 1.54) is 16.0 Å². The smallest absolute Gasteiger partial charge is 0.293 e. The largest absolute Gasteiger partial charge is 0.318 e. The van der Waals surface area contributed by atoms with Crippen LogP contribution in [-0.4, -0.2) is 20.6 Å². The SMILES string of the molecule is Cc1ccc(-n2c(C)cc(/C=C3\SC(=O)N(Cc4cccc5ccccc45)C3=O)c2C)cc1C. The summed E-state index contributed by atoms with van der Waals surface area (Å²) in [5.41, 5.74) is 7.64. The third kappa shape index (κ3) is 3.86. The van der Waals surface area contributed by atoms with Crippen LogP contribution in [0.15, 0.2) is 71.6 Å². The summed E-state index contributed by atoms with van der Waals surface area (Å²) in [6, 6.07) is 22.5. The fourth-order valence-electron chi connectivity index (χ4n) is 4.57. The maximum Gasteiger partial charge on any atom is 0.293 e. The van der Waals surface area contributed by atoms with E-state index in [9.17, 15) is 9.59 Å². The molecule has 2 amide bonds. The Hall–Kier alpha value is -3.57. The average Bonchev–Trinajstić information content (AvgIpc) is 3.25. The van der Waals surface area contributed by atoms with E-state index >= 15 is 0 Å². The van der Waals surface area contributed by atoms with Crippen LogP contribution in [0.3, 0.4) is 0 Å². The first kappa shape index (κ1) is 22.2. The molecule has 0 spiro atoms. The number of amides is 2. The van der Waals surface area contributed by atoms with Crippen molar-refractivity contribution in [1.82, 2.24) is 9.47 Å². The lowest BCUT2D eigenvalue weighted by atomic mass is 10.0. The van der Waals surface area contributed by atoms with E-state index in [-0.39, 0.29) is 17.7 Å². The first-order chi connectivity index (χ1) is 16.3. The van der Waals surface area contributed by atoms with Crippen LogP contribution in [0.25, 0.3) is 22.5 Å². The van der Waals surface area contributed by atoms with Crippen LogP contribution < -0.4 is 0 Å². The molecular weight excluding hydrogens is 440 g/mol. The first-order valence-corrected chi connectivity index (χ1v) is 12.1. The van der Waals surface area contributed by atoms with E-state index in [1.807, 2.05) is 55.5 Å². The lowest BCUT2D eigenvalue weighted by Gasteiger charge is -2.14. The molecule has 1 saturated heterocycles. The second kappa shape index (κ2) is 8.65. The maximum atomic E-state index is 13.2. The van der Waals surface area contributed by atoms with Crippen molar-refractivity contribution < 1.29 is 9.59 Å². The predicted molar refractivity (Wildman–Crippen MR) is 140 cm³/mol. The summed E-state index contributed by atoms with van der Waals surface area (Å²) in [6.07, 6.45) is 1.86. The van der Waals surface area contributed by atoms with Gasteiger partial charge in [-0.2, -0.15) is 0 Å². The number of thioether (sulfide) groups is 1. The molecule has 170 valence electrons. The normalized spacial score (nSPS) is 15.2. The molecule has 3 aromatic carbocycles. The van der Waals surface area contributed by atoms with Crippen LogP contribution in [-0.2, 0) is 11.3 Å². The first-order valence-electron chi connectivity index (χ1n) is 11.3. The van der Waals surface area contributed by atoms with Gasteiger partial charge in [-0.05, 0) is 96.8 Å². The molecule has 0 saturated carbocycles. The standard InChI is InChI=1S/C29H26N2O2S/c1-18-12-13-25(14-19(18)2)31-20(3)15-24(21(31)4)16-27-28(32)30(29(33)34-27)17-23-10-7-9-22-8-5-6-11-26(22)23/h5-16H,17H2,1-4H3/b27-16-. The number of aromatic nitrogens is 1. The average molecular weight is 467 g/mol. The van der Waals surface area contributed by atoms with Gasteiger partial charge in [-0.3, -0.25) is 14.5 Å². The Morgan fingerprint density at radius 3 is 2.41 bits per heavy atom. The van der Waals surface area contributed by atoms with Crippen molar-refractivity contribution in [3.8, 4) is 5.69 Å². The minimum absolute atomic E-state index is 0.229. The van der Waals surface area contributed by atoms with E-state index in [0.29, 0.717) is 4.91 Å². The van der Waals surface area contributed by atoms with Crippen LogP contribution in [0.4, 0.5) is 4.79 Å². The number of carbonyl (C=O) groups is 2. The van der Waals surface area contributed by atoms with Gasteiger partial charge in [-0.25, -0.2) is 0 Å². The maximum absolute atomic E-state index is 13.2. The minimum atomic E-state index is -0.237. The van der Waals surface area contributed by atoms with Crippen LogP contribution >= 0.6 is 11.8 Å². The van der Waals surface area contributed by atoms with Gasteiger partial charge in [0.2, 0.25) is 0 Å². The van der Waals surface area contributed by atoms with Crippen molar-refractivity contribution in [3.05, 3.63) is 105 Å². The van der Waals surface area contributed by atoms with E-state index in [0.717, 1.165) is 50.7 Å². The van der Waals surface area contributed by atoms with E-state index in [2.05, 4.69) is 49.6 Å². The summed E-state index contributed by atoms with van der Waals surface area (Å²) in [4.78, 5) is 27.8. The van der Waals surface area contributed by atoms with Crippen LogP contribution in [0.1, 0.15) is 33.6 Å². The van der Waals surface area contributed by atoms with Crippen molar-refractivity contribution >= 4 is 39.8 Å². The minimum Gasteiger partial charge on any atom is -0.318 e. The quantitative estimate of drug-likeness (QED) is 0.301. The Kier molecular flexibility index (Phi) is 5.66. The van der Waals surface area contributed by atoms with Crippen LogP contribution in [0.2, 0.25) is 0 Å². The Morgan fingerprint density at radius 2 is 1.62 bits per heavy atom. The van der Waals surface area contributed by atoms with Gasteiger partial charge in [0.15, 0.2) is 0 Å². The number of benzene rings is 3. The highest BCUT2D eigenvalue weighted by molar-refractivity contribution is 8.18. The lowest BCUT2D eigenvalue weighted by molar-refractivity contribution is -0.123. The molecule has 0 radical (unpaired) electrons. The molecule has 4 nitrogen and oxygen atoms in total. The number of hydrogen-bond acceptors (Lipinski definition) is 3. The molecular formula is C29H26N2O2S. The highest BCUT2D eigenvalue weighted by Crippen LogP contribution is 2.35. The lowest BCUT2D eigenvalue weighted by Crippen LogP contribution is -2.27. The van der Waals surface area contributed by atoms with Crippen LogP contribution in [0, 0.1) is 27.7 Å². The van der Waals surface area contributed by atoms with Crippen molar-refractivity contribution in [2.45, 2.75) is 34.2 Å². The van der Waals surface area contributed by atoms with Crippen molar-refractivity contribution in [1.29, 1.82) is 0 Å². The van der Waals surface area contributed by atoms with Gasteiger partial charge < -0.3 is 4.57 Å². The molecule has 0 aliphatic carbocycles. The van der Waals surface area contributed by atoms with Crippen molar-refractivity contribution in [3.63, 3.8) is 0 Å². The zero-order valence-corrected chi connectivity index (χ0v) is 20.6. The van der Waals surface area contributed by atoms with Gasteiger partial charge in [0.25, 0.3) is 11.1 Å². The molecule has 0 bridgehead atoms. The van der Waals surface area contributed by atoms with Gasteiger partial charge >= 0.3 is 0 Å². The molecule has 0 atom stereocenters. The molecule has 5 rings (SSSR count). The summed E-state index contributed by atoms with van der Waals surface area (Å²) in [5.74, 6) is -0.237. The van der Waals surface area contributed by atoms with E-state index < -0.39 is 0 Å². The number of fused-ring (bicyclic) bond motifs is 1. The molecule has 34 heavy (non-hydrogen) atoms. The Morgan fingerprint density at radius 1 is 0.853 bits per heavy atom. The van der Waals surface area contributed by atoms with E-state index in [1.54, 1.807) is 0 Å². The summed E-state index contributed by atoms with van der Waals surface area (Å²) in [7, 11) is 0. The van der Waals surface area contributed by atoms with E-state index in [4.69, 9.17) is 0 Å². The highest BCUT2D eigenvalue weighted by atomic mass is 32.2. The number of carbonyl (C=O) groups excluding carboxylic acids is 2. The summed E-state index contributed by atoms with van der Waals surface area (Å²) < 4.78 is 2.19. The van der Waals surface area contributed by atoms with Gasteiger partial charge in [0.05, 0.1) is 11.4 Å². The molecule has 2 heterocycles. The number of hydrogen-bond donors (Lipinski definition) is 0. The molecule has 1 aliphatic rings. The molecule has 1 fully saturated rings. The monoisotopic (exact) mass is 466 g/mol. The van der Waals surface area contributed by atoms with Gasteiger partial charge in [-0.15, -0.1) is 0 Å². The predicted octanol–water partition coefficient (Wildman–Crippen LogP) is 7.10. The zero-order chi connectivity index (χ0) is 24.0. The Labute approximate surface area is 203 Å². The summed E-state index contributed by atoms with van der Waals surface area (Å²) in [6.45, 7) is 8.60. The Balaban J connectivity index is 1.46. The topological polar surface area (TPSA) is 42.3 Å². The van der Waals surface area contributed by atoms with Gasteiger partial charge in [-0.1, -0.05) is 48.5 Å². The third-order valence-corrected chi connectivity index (χ3v) is 7.49. The highest BCUT2D eigenvalue weighted by Gasteiger charge is 2.35. The zero-order valence-electron chi connectivity index (χ0n) is 19.8. The fraction of sp³-hybridized carbons (Fsp3) is 0.172. The molecule has 1 aliphatic heterocycles. The fourth-order valence-corrected chi connectivity index (χ4v) is 5.40. The number of aryl methyl sites for hydroxylation is 3. The summed E-state index contributed by atoms with van der Waals surface area (Å²) >= 11 is 1.01. The molecule has 1 aromatic heterocycles. The van der Waals surface area contributed by atoms with Crippen molar-refractivity contribution in [2.24, 2.45) is 0 Å². The molecule has 5 heteroatoms. The second-order valence-electron chi connectivity index (χ2n) is 8.84. The number of rotatable bonds is 4. The molecule has 0 N–H and O–H groups in total. The van der Waals surface area contributed by atoms with Crippen molar-refractivity contribution in [2.75, 3.05) is 0 Å². The van der Waals surface area contributed by atoms with Gasteiger partial charge in [0, 0.05) is 17.1 Å². The second-order valence-corrected chi connectivity index (χ2v) is 9.83.